The minimum Gasteiger partial charge on any atom is -0.489 e. The molecule has 2 aliphatic heterocycles. The van der Waals surface area contributed by atoms with E-state index in [9.17, 15) is 4.79 Å². The number of rotatable bonds is 3. The lowest BCUT2D eigenvalue weighted by molar-refractivity contribution is 0.0358. The molecular weight excluding hydrogens is 336 g/mol. The fourth-order valence-corrected chi connectivity index (χ4v) is 4.64. The van der Waals surface area contributed by atoms with Gasteiger partial charge in [-0.25, -0.2) is 0 Å². The van der Waals surface area contributed by atoms with Crippen LogP contribution in [0.5, 0.6) is 5.75 Å². The molecule has 2 bridgehead atoms. The number of piperidine rings is 1. The zero-order chi connectivity index (χ0) is 18.2. The topological polar surface area (TPSA) is 42.4 Å². The van der Waals surface area contributed by atoms with Crippen LogP contribution >= 0.6 is 0 Å². The number of ether oxygens (including phenoxy) is 1. The average Bonchev–Trinajstić information content (AvgIpc) is 2.98. The second-order valence-electron chi connectivity index (χ2n) is 7.56. The Labute approximate surface area is 158 Å². The van der Waals surface area contributed by atoms with Gasteiger partial charge in [-0.05, 0) is 47.9 Å². The van der Waals surface area contributed by atoms with Gasteiger partial charge in [-0.15, -0.1) is 0 Å². The number of benzene rings is 2. The van der Waals surface area contributed by atoms with Crippen molar-refractivity contribution in [3.8, 4) is 5.75 Å². The average molecular weight is 358 g/mol. The molecule has 0 aliphatic carbocycles. The Balaban J connectivity index is 1.34. The predicted molar refractivity (Wildman–Crippen MR) is 105 cm³/mol. The number of fused-ring (bicyclic) bond motifs is 3. The van der Waals surface area contributed by atoms with Crippen molar-refractivity contribution in [2.75, 3.05) is 0 Å². The van der Waals surface area contributed by atoms with Crippen molar-refractivity contribution < 1.29 is 9.53 Å². The van der Waals surface area contributed by atoms with E-state index in [-0.39, 0.29) is 24.1 Å². The zero-order valence-corrected chi connectivity index (χ0v) is 15.1. The van der Waals surface area contributed by atoms with E-state index in [1.54, 1.807) is 12.4 Å². The highest BCUT2D eigenvalue weighted by Crippen LogP contribution is 2.38. The number of carbonyl (C=O) groups excluding carboxylic acids is 1. The lowest BCUT2D eigenvalue weighted by Crippen LogP contribution is -2.49. The van der Waals surface area contributed by atoms with Crippen LogP contribution in [-0.4, -0.2) is 34.0 Å². The van der Waals surface area contributed by atoms with E-state index in [4.69, 9.17) is 4.74 Å². The molecule has 3 aromatic rings. The first-order valence-corrected chi connectivity index (χ1v) is 9.66. The predicted octanol–water partition coefficient (Wildman–Crippen LogP) is 4.45. The van der Waals surface area contributed by atoms with Crippen molar-refractivity contribution in [1.29, 1.82) is 0 Å². The summed E-state index contributed by atoms with van der Waals surface area (Å²) in [6.45, 7) is 0. The highest BCUT2D eigenvalue weighted by Gasteiger charge is 2.44. The molecule has 2 atom stereocenters. The van der Waals surface area contributed by atoms with Crippen LogP contribution in [0, 0.1) is 0 Å². The summed E-state index contributed by atoms with van der Waals surface area (Å²) in [6, 6.07) is 18.6. The Kier molecular flexibility index (Phi) is 4.04. The number of aromatic nitrogens is 1. The minimum atomic E-state index is 0.160. The Morgan fingerprint density at radius 1 is 0.963 bits per heavy atom. The molecule has 27 heavy (non-hydrogen) atoms. The van der Waals surface area contributed by atoms with E-state index < -0.39 is 0 Å². The first kappa shape index (κ1) is 16.3. The van der Waals surface area contributed by atoms with E-state index in [0.29, 0.717) is 0 Å². The van der Waals surface area contributed by atoms with Crippen molar-refractivity contribution in [2.45, 2.75) is 43.9 Å². The molecule has 0 saturated carbocycles. The summed E-state index contributed by atoms with van der Waals surface area (Å²) in [5, 5.41) is 2.28. The van der Waals surface area contributed by atoms with Crippen molar-refractivity contribution in [2.24, 2.45) is 0 Å². The van der Waals surface area contributed by atoms with Gasteiger partial charge in [-0.1, -0.05) is 30.3 Å². The van der Waals surface area contributed by atoms with Crippen LogP contribution < -0.4 is 4.74 Å². The van der Waals surface area contributed by atoms with Gasteiger partial charge in [0.1, 0.15) is 11.9 Å². The van der Waals surface area contributed by atoms with Gasteiger partial charge in [0.2, 0.25) is 0 Å². The normalized spacial score (nSPS) is 24.1. The molecule has 0 spiro atoms. The van der Waals surface area contributed by atoms with E-state index in [0.717, 1.165) is 42.4 Å². The number of nitrogens with zero attached hydrogens (tertiary/aromatic N) is 2. The fraction of sp³-hybridized carbons (Fsp3) is 0.304. The second kappa shape index (κ2) is 6.69. The van der Waals surface area contributed by atoms with Crippen LogP contribution in [0.3, 0.4) is 0 Å². The lowest BCUT2D eigenvalue weighted by Gasteiger charge is -2.39. The number of amides is 1. The molecular formula is C23H22N2O2. The lowest BCUT2D eigenvalue weighted by atomic mass is 9.97. The smallest absolute Gasteiger partial charge is 0.254 e. The van der Waals surface area contributed by atoms with Crippen LogP contribution in [0.25, 0.3) is 10.8 Å². The summed E-state index contributed by atoms with van der Waals surface area (Å²) in [5.74, 6) is 0.976. The molecule has 3 heterocycles. The molecule has 136 valence electrons. The van der Waals surface area contributed by atoms with Crippen LogP contribution in [0.2, 0.25) is 0 Å². The summed E-state index contributed by atoms with van der Waals surface area (Å²) >= 11 is 0. The SMILES string of the molecule is O=C(c1ccc2ccccc2c1)N1C2CCC1CC(Oc1cccnc1)C2. The number of hydrogen-bond acceptors (Lipinski definition) is 3. The molecule has 4 nitrogen and oxygen atoms in total. The Morgan fingerprint density at radius 2 is 1.74 bits per heavy atom. The first-order chi connectivity index (χ1) is 13.3. The molecule has 2 fully saturated rings. The van der Waals surface area contributed by atoms with Gasteiger partial charge in [0.25, 0.3) is 5.91 Å². The zero-order valence-electron chi connectivity index (χ0n) is 15.1. The van der Waals surface area contributed by atoms with Gasteiger partial charge >= 0.3 is 0 Å². The van der Waals surface area contributed by atoms with E-state index >= 15 is 0 Å². The van der Waals surface area contributed by atoms with Crippen molar-refractivity contribution in [1.82, 2.24) is 9.88 Å². The van der Waals surface area contributed by atoms with Crippen molar-refractivity contribution in [3.63, 3.8) is 0 Å². The van der Waals surface area contributed by atoms with Gasteiger partial charge in [0, 0.05) is 36.7 Å². The molecule has 2 aliphatic rings. The maximum atomic E-state index is 13.2. The van der Waals surface area contributed by atoms with Gasteiger partial charge < -0.3 is 9.64 Å². The third kappa shape index (κ3) is 3.05. The standard InChI is InChI=1S/C23H22N2O2/c26-23(18-8-7-16-4-1-2-5-17(16)12-18)25-19-9-10-20(25)14-22(13-19)27-21-6-3-11-24-15-21/h1-8,11-12,15,19-20,22H,9-10,13-14H2. The van der Waals surface area contributed by atoms with Crippen LogP contribution in [-0.2, 0) is 0 Å². The van der Waals surface area contributed by atoms with Gasteiger partial charge in [-0.3, -0.25) is 9.78 Å². The summed E-state index contributed by atoms with van der Waals surface area (Å²) in [5.41, 5.74) is 0.789. The maximum Gasteiger partial charge on any atom is 0.254 e. The van der Waals surface area contributed by atoms with Crippen LogP contribution in [0.4, 0.5) is 0 Å². The molecule has 5 rings (SSSR count). The Bertz CT molecular complexity index is 958. The highest BCUT2D eigenvalue weighted by molar-refractivity contribution is 5.99. The van der Waals surface area contributed by atoms with Crippen LogP contribution in [0.15, 0.2) is 67.0 Å². The Hall–Kier alpha value is -2.88. The van der Waals surface area contributed by atoms with Gasteiger partial charge in [0.15, 0.2) is 0 Å². The Morgan fingerprint density at radius 3 is 2.48 bits per heavy atom. The number of carbonyl (C=O) groups is 1. The third-order valence-electron chi connectivity index (χ3n) is 5.86. The molecule has 2 saturated heterocycles. The summed E-state index contributed by atoms with van der Waals surface area (Å²) < 4.78 is 6.13. The molecule has 0 radical (unpaired) electrons. The summed E-state index contributed by atoms with van der Waals surface area (Å²) in [4.78, 5) is 19.5. The quantitative estimate of drug-likeness (QED) is 0.695. The molecule has 0 N–H and O–H groups in total. The van der Waals surface area contributed by atoms with E-state index in [1.807, 2.05) is 42.5 Å². The van der Waals surface area contributed by atoms with Crippen molar-refractivity contribution in [3.05, 3.63) is 72.6 Å². The minimum absolute atomic E-state index is 0.160. The number of hydrogen-bond donors (Lipinski definition) is 0. The van der Waals surface area contributed by atoms with Gasteiger partial charge in [-0.2, -0.15) is 0 Å². The second-order valence-corrected chi connectivity index (χ2v) is 7.56. The van der Waals surface area contributed by atoms with E-state index in [1.165, 1.54) is 5.39 Å². The summed E-state index contributed by atoms with van der Waals surface area (Å²) in [6.07, 6.45) is 7.59. The monoisotopic (exact) mass is 358 g/mol. The summed E-state index contributed by atoms with van der Waals surface area (Å²) in [7, 11) is 0. The third-order valence-corrected chi connectivity index (χ3v) is 5.86. The highest BCUT2D eigenvalue weighted by atomic mass is 16.5. The largest absolute Gasteiger partial charge is 0.489 e. The van der Waals surface area contributed by atoms with Gasteiger partial charge in [0.05, 0.1) is 6.20 Å². The fourth-order valence-electron chi connectivity index (χ4n) is 4.64. The first-order valence-electron chi connectivity index (χ1n) is 9.66. The molecule has 4 heteroatoms. The van der Waals surface area contributed by atoms with E-state index in [2.05, 4.69) is 22.0 Å². The molecule has 1 amide bonds. The maximum absolute atomic E-state index is 13.2. The number of pyridine rings is 1. The molecule has 1 aromatic heterocycles. The van der Waals surface area contributed by atoms with Crippen LogP contribution in [0.1, 0.15) is 36.0 Å². The van der Waals surface area contributed by atoms with Crippen molar-refractivity contribution >= 4 is 16.7 Å². The molecule has 2 unspecified atom stereocenters. The molecule has 2 aromatic carbocycles.